The zero-order valence-electron chi connectivity index (χ0n) is 12.5. The normalized spacial score (nSPS) is 18.0. The van der Waals surface area contributed by atoms with Crippen LogP contribution >= 0.6 is 11.3 Å². The van der Waals surface area contributed by atoms with Crippen molar-refractivity contribution < 1.29 is 19.1 Å². The molecule has 1 aromatic heterocycles. The highest BCUT2D eigenvalue weighted by Crippen LogP contribution is 2.40. The molecule has 116 valence electrons. The highest BCUT2D eigenvalue weighted by molar-refractivity contribution is 7.10. The molecule has 1 fully saturated rings. The van der Waals surface area contributed by atoms with E-state index in [0.29, 0.717) is 28.4 Å². The van der Waals surface area contributed by atoms with Gasteiger partial charge in [0.2, 0.25) is 5.78 Å². The van der Waals surface area contributed by atoms with Crippen LogP contribution in [0.2, 0.25) is 0 Å². The first-order valence-electron chi connectivity index (χ1n) is 7.46. The summed E-state index contributed by atoms with van der Waals surface area (Å²) in [4.78, 5) is 25.2. The Hall–Kier alpha value is -2.40. The molecule has 2 aliphatic rings. The van der Waals surface area contributed by atoms with Crippen LogP contribution in [-0.2, 0) is 4.79 Å². The Morgan fingerprint density at radius 1 is 1.35 bits per heavy atom. The van der Waals surface area contributed by atoms with Gasteiger partial charge in [-0.05, 0) is 43.3 Å². The number of rotatable bonds is 3. The Morgan fingerprint density at radius 3 is 2.87 bits per heavy atom. The number of ketones is 1. The SMILES string of the molecule is Cc1c(OC(=O)C2CC2)ccc2c1O/C(=C\c1cccs1)C2=O. The van der Waals surface area contributed by atoms with Crippen molar-refractivity contribution in [2.24, 2.45) is 5.92 Å². The first kappa shape index (κ1) is 14.2. The van der Waals surface area contributed by atoms with Crippen LogP contribution in [0.3, 0.4) is 0 Å². The summed E-state index contributed by atoms with van der Waals surface area (Å²) in [6.45, 7) is 1.80. The Morgan fingerprint density at radius 2 is 2.17 bits per heavy atom. The van der Waals surface area contributed by atoms with Crippen molar-refractivity contribution in [1.29, 1.82) is 0 Å². The van der Waals surface area contributed by atoms with E-state index in [0.717, 1.165) is 17.7 Å². The summed E-state index contributed by atoms with van der Waals surface area (Å²) in [6, 6.07) is 7.18. The van der Waals surface area contributed by atoms with Gasteiger partial charge in [0.05, 0.1) is 11.5 Å². The number of carbonyl (C=O) groups excluding carboxylic acids is 2. The largest absolute Gasteiger partial charge is 0.452 e. The van der Waals surface area contributed by atoms with Gasteiger partial charge in [0.25, 0.3) is 0 Å². The van der Waals surface area contributed by atoms with E-state index < -0.39 is 0 Å². The Bertz CT molecular complexity index is 829. The molecule has 0 amide bonds. The molecule has 23 heavy (non-hydrogen) atoms. The van der Waals surface area contributed by atoms with Crippen molar-refractivity contribution in [2.45, 2.75) is 19.8 Å². The van der Waals surface area contributed by atoms with E-state index in [-0.39, 0.29) is 17.7 Å². The molecular weight excluding hydrogens is 312 g/mol. The van der Waals surface area contributed by atoms with E-state index >= 15 is 0 Å². The summed E-state index contributed by atoms with van der Waals surface area (Å²) < 4.78 is 11.2. The number of Topliss-reactive ketones (excluding diaryl/α,β-unsaturated/α-hetero) is 1. The lowest BCUT2D eigenvalue weighted by Crippen LogP contribution is -2.10. The van der Waals surface area contributed by atoms with Crippen molar-refractivity contribution in [3.05, 3.63) is 51.4 Å². The summed E-state index contributed by atoms with van der Waals surface area (Å²) in [7, 11) is 0. The molecule has 0 saturated heterocycles. The van der Waals surface area contributed by atoms with Crippen molar-refractivity contribution in [1.82, 2.24) is 0 Å². The molecule has 0 spiro atoms. The third kappa shape index (κ3) is 2.57. The minimum Gasteiger partial charge on any atom is -0.452 e. The number of carbonyl (C=O) groups is 2. The topological polar surface area (TPSA) is 52.6 Å². The molecule has 1 aromatic carbocycles. The molecule has 1 aliphatic carbocycles. The quantitative estimate of drug-likeness (QED) is 0.486. The molecule has 0 atom stereocenters. The van der Waals surface area contributed by atoms with E-state index in [9.17, 15) is 9.59 Å². The summed E-state index contributed by atoms with van der Waals surface area (Å²) in [5.41, 5.74) is 1.19. The predicted molar refractivity (Wildman–Crippen MR) is 86.8 cm³/mol. The van der Waals surface area contributed by atoms with Crippen molar-refractivity contribution >= 4 is 29.2 Å². The predicted octanol–water partition coefficient (Wildman–Crippen LogP) is 3.99. The lowest BCUT2D eigenvalue weighted by atomic mass is 10.1. The zero-order chi connectivity index (χ0) is 16.0. The van der Waals surface area contributed by atoms with E-state index in [1.165, 1.54) is 11.3 Å². The van der Waals surface area contributed by atoms with Gasteiger partial charge in [-0.2, -0.15) is 0 Å². The van der Waals surface area contributed by atoms with Crippen molar-refractivity contribution in [2.75, 3.05) is 0 Å². The number of esters is 1. The molecule has 1 saturated carbocycles. The highest BCUT2D eigenvalue weighted by atomic mass is 32.1. The second-order valence-electron chi connectivity index (χ2n) is 5.72. The molecule has 1 aliphatic heterocycles. The smallest absolute Gasteiger partial charge is 0.314 e. The van der Waals surface area contributed by atoms with Crippen LogP contribution < -0.4 is 9.47 Å². The van der Waals surface area contributed by atoms with Crippen molar-refractivity contribution in [3.8, 4) is 11.5 Å². The summed E-state index contributed by atoms with van der Waals surface area (Å²) >= 11 is 1.54. The Labute approximate surface area is 137 Å². The van der Waals surface area contributed by atoms with Crippen LogP contribution in [0.5, 0.6) is 11.5 Å². The van der Waals surface area contributed by atoms with Gasteiger partial charge in [-0.1, -0.05) is 6.07 Å². The third-order valence-electron chi connectivity index (χ3n) is 3.97. The molecule has 0 unspecified atom stereocenters. The van der Waals surface area contributed by atoms with Gasteiger partial charge in [0.15, 0.2) is 5.76 Å². The first-order chi connectivity index (χ1) is 11.1. The van der Waals surface area contributed by atoms with Gasteiger partial charge in [-0.3, -0.25) is 9.59 Å². The monoisotopic (exact) mass is 326 g/mol. The van der Waals surface area contributed by atoms with Gasteiger partial charge in [0.1, 0.15) is 11.5 Å². The maximum absolute atomic E-state index is 12.4. The van der Waals surface area contributed by atoms with Crippen LogP contribution in [0.1, 0.15) is 33.6 Å². The number of benzene rings is 1. The maximum Gasteiger partial charge on any atom is 0.314 e. The standard InChI is InChI=1S/C18H14O4S/c1-10-14(22-18(20)11-4-5-11)7-6-13-16(19)15(21-17(10)13)9-12-3-2-8-23-12/h2-3,6-9,11H,4-5H2,1H3/b15-9-. The Balaban J connectivity index is 1.65. The zero-order valence-corrected chi connectivity index (χ0v) is 13.3. The molecule has 0 radical (unpaired) electrons. The third-order valence-corrected chi connectivity index (χ3v) is 4.79. The number of hydrogen-bond donors (Lipinski definition) is 0. The van der Waals surface area contributed by atoms with Crippen LogP contribution in [0.15, 0.2) is 35.4 Å². The average molecular weight is 326 g/mol. The van der Waals surface area contributed by atoms with E-state index in [4.69, 9.17) is 9.47 Å². The lowest BCUT2D eigenvalue weighted by Gasteiger charge is -2.09. The minimum absolute atomic E-state index is 0.0273. The molecule has 5 heteroatoms. The molecule has 0 bridgehead atoms. The number of thiophene rings is 1. The fourth-order valence-corrected chi connectivity index (χ4v) is 3.14. The number of ether oxygens (including phenoxy) is 2. The molecular formula is C18H14O4S. The second kappa shape index (κ2) is 5.35. The molecule has 4 rings (SSSR count). The van der Waals surface area contributed by atoms with Crippen LogP contribution in [0, 0.1) is 12.8 Å². The molecule has 2 heterocycles. The maximum atomic E-state index is 12.4. The minimum atomic E-state index is -0.202. The molecule has 4 nitrogen and oxygen atoms in total. The number of allylic oxidation sites excluding steroid dienone is 1. The number of hydrogen-bond acceptors (Lipinski definition) is 5. The van der Waals surface area contributed by atoms with Crippen molar-refractivity contribution in [3.63, 3.8) is 0 Å². The molecule has 2 aromatic rings. The van der Waals surface area contributed by atoms with E-state index in [1.54, 1.807) is 25.1 Å². The van der Waals surface area contributed by atoms with Gasteiger partial charge < -0.3 is 9.47 Å². The van der Waals surface area contributed by atoms with Crippen LogP contribution in [-0.4, -0.2) is 11.8 Å². The second-order valence-corrected chi connectivity index (χ2v) is 6.70. The van der Waals surface area contributed by atoms with E-state index in [2.05, 4.69) is 0 Å². The van der Waals surface area contributed by atoms with Gasteiger partial charge in [-0.25, -0.2) is 0 Å². The fraction of sp³-hybridized carbons (Fsp3) is 0.222. The number of fused-ring (bicyclic) bond motifs is 1. The fourth-order valence-electron chi connectivity index (χ4n) is 2.49. The van der Waals surface area contributed by atoms with Gasteiger partial charge in [-0.15, -0.1) is 11.3 Å². The van der Waals surface area contributed by atoms with Gasteiger partial charge in [0, 0.05) is 16.5 Å². The summed E-state index contributed by atoms with van der Waals surface area (Å²) in [5.74, 6) is 0.934. The van der Waals surface area contributed by atoms with Crippen LogP contribution in [0.4, 0.5) is 0 Å². The lowest BCUT2D eigenvalue weighted by molar-refractivity contribution is -0.135. The van der Waals surface area contributed by atoms with E-state index in [1.807, 2.05) is 17.5 Å². The highest BCUT2D eigenvalue weighted by Gasteiger charge is 2.34. The van der Waals surface area contributed by atoms with Gasteiger partial charge >= 0.3 is 5.97 Å². The Kier molecular flexibility index (Phi) is 3.31. The average Bonchev–Trinajstić information content (AvgIpc) is 3.19. The van der Waals surface area contributed by atoms with Crippen LogP contribution in [0.25, 0.3) is 6.08 Å². The first-order valence-corrected chi connectivity index (χ1v) is 8.34. The summed E-state index contributed by atoms with van der Waals surface area (Å²) in [5, 5.41) is 1.94. The molecule has 0 N–H and O–H groups in total. The summed E-state index contributed by atoms with van der Waals surface area (Å²) in [6.07, 6.45) is 3.53.